The van der Waals surface area contributed by atoms with E-state index in [0.717, 1.165) is 23.2 Å². The normalized spacial score (nSPS) is 25.1. The molecule has 1 fully saturated rings. The first-order valence-corrected chi connectivity index (χ1v) is 7.09. The van der Waals surface area contributed by atoms with Crippen LogP contribution in [0.5, 0.6) is 5.75 Å². The van der Waals surface area contributed by atoms with Crippen molar-refractivity contribution in [2.45, 2.75) is 25.5 Å². The van der Waals surface area contributed by atoms with E-state index in [1.807, 2.05) is 19.2 Å². The molecule has 1 aliphatic rings. The summed E-state index contributed by atoms with van der Waals surface area (Å²) >= 11 is 3.53. The topological polar surface area (TPSA) is 30.5 Å². The van der Waals surface area contributed by atoms with E-state index in [0.29, 0.717) is 5.92 Å². The minimum absolute atomic E-state index is 0.259. The summed E-state index contributed by atoms with van der Waals surface area (Å²) in [4.78, 5) is 0. The molecule has 1 aliphatic heterocycles. The van der Waals surface area contributed by atoms with Gasteiger partial charge in [-0.15, -0.1) is 0 Å². The van der Waals surface area contributed by atoms with Gasteiger partial charge in [-0.05, 0) is 38.6 Å². The zero-order chi connectivity index (χ0) is 13.1. The minimum Gasteiger partial charge on any atom is -0.496 e. The molecule has 3 nitrogen and oxygen atoms in total. The summed E-state index contributed by atoms with van der Waals surface area (Å²) in [5, 5.41) is 3.41. The van der Waals surface area contributed by atoms with Crippen molar-refractivity contribution in [3.05, 3.63) is 28.2 Å². The predicted octanol–water partition coefficient (Wildman–Crippen LogP) is 3.14. The molecule has 0 saturated carbocycles. The summed E-state index contributed by atoms with van der Waals surface area (Å²) in [6, 6.07) is 6.40. The monoisotopic (exact) mass is 313 g/mol. The molecular weight excluding hydrogens is 294 g/mol. The zero-order valence-electron chi connectivity index (χ0n) is 11.1. The Bertz CT molecular complexity index is 411. The fourth-order valence-electron chi connectivity index (χ4n) is 2.73. The zero-order valence-corrected chi connectivity index (χ0v) is 12.7. The molecule has 0 aliphatic carbocycles. The molecule has 3 unspecified atom stereocenters. The van der Waals surface area contributed by atoms with Crippen LogP contribution in [0.25, 0.3) is 0 Å². The highest BCUT2D eigenvalue weighted by Gasteiger charge is 2.33. The van der Waals surface area contributed by atoms with Crippen molar-refractivity contribution < 1.29 is 9.47 Å². The lowest BCUT2D eigenvalue weighted by Crippen LogP contribution is -2.29. The van der Waals surface area contributed by atoms with Crippen LogP contribution in [0.2, 0.25) is 0 Å². The van der Waals surface area contributed by atoms with E-state index >= 15 is 0 Å². The Kier molecular flexibility index (Phi) is 4.65. The number of methoxy groups -OCH3 is 1. The van der Waals surface area contributed by atoms with Crippen molar-refractivity contribution in [3.63, 3.8) is 0 Å². The van der Waals surface area contributed by atoms with Gasteiger partial charge in [0.05, 0.1) is 13.2 Å². The molecule has 3 atom stereocenters. The first-order valence-electron chi connectivity index (χ1n) is 6.29. The van der Waals surface area contributed by atoms with Gasteiger partial charge in [0.1, 0.15) is 5.75 Å². The Balaban J connectivity index is 2.34. The molecule has 0 bridgehead atoms. The lowest BCUT2D eigenvalue weighted by Gasteiger charge is -2.27. The summed E-state index contributed by atoms with van der Waals surface area (Å²) in [5.41, 5.74) is 1.19. The maximum Gasteiger partial charge on any atom is 0.123 e. The Morgan fingerprint density at radius 2 is 2.28 bits per heavy atom. The SMILES string of the molecule is CNC(c1cc(Br)ccc1OC)C1CCOC1C. The second-order valence-corrected chi connectivity index (χ2v) is 5.60. The third-order valence-electron chi connectivity index (χ3n) is 3.70. The van der Waals surface area contributed by atoms with Crippen LogP contribution < -0.4 is 10.1 Å². The molecule has 100 valence electrons. The van der Waals surface area contributed by atoms with Crippen LogP contribution >= 0.6 is 15.9 Å². The largest absolute Gasteiger partial charge is 0.496 e. The Labute approximate surface area is 117 Å². The first-order chi connectivity index (χ1) is 8.67. The van der Waals surface area contributed by atoms with Crippen molar-refractivity contribution in [3.8, 4) is 5.75 Å². The van der Waals surface area contributed by atoms with E-state index in [4.69, 9.17) is 9.47 Å². The van der Waals surface area contributed by atoms with Crippen molar-refractivity contribution in [2.24, 2.45) is 5.92 Å². The van der Waals surface area contributed by atoms with Crippen LogP contribution in [0.4, 0.5) is 0 Å². The Hall–Kier alpha value is -0.580. The van der Waals surface area contributed by atoms with Crippen molar-refractivity contribution in [1.82, 2.24) is 5.32 Å². The number of hydrogen-bond acceptors (Lipinski definition) is 3. The second kappa shape index (κ2) is 6.04. The van der Waals surface area contributed by atoms with E-state index in [2.05, 4.69) is 34.2 Å². The summed E-state index contributed by atoms with van der Waals surface area (Å²) < 4.78 is 12.2. The van der Waals surface area contributed by atoms with Gasteiger partial charge in [0.2, 0.25) is 0 Å². The van der Waals surface area contributed by atoms with Gasteiger partial charge in [0.25, 0.3) is 0 Å². The van der Waals surface area contributed by atoms with Gasteiger partial charge in [-0.2, -0.15) is 0 Å². The summed E-state index contributed by atoms with van der Waals surface area (Å²) in [6.45, 7) is 2.99. The third-order valence-corrected chi connectivity index (χ3v) is 4.19. The van der Waals surface area contributed by atoms with Crippen LogP contribution in [0.3, 0.4) is 0 Å². The van der Waals surface area contributed by atoms with Crippen molar-refractivity contribution in [2.75, 3.05) is 20.8 Å². The van der Waals surface area contributed by atoms with Gasteiger partial charge >= 0.3 is 0 Å². The Morgan fingerprint density at radius 1 is 1.50 bits per heavy atom. The van der Waals surface area contributed by atoms with Gasteiger partial charge in [-0.3, -0.25) is 0 Å². The highest BCUT2D eigenvalue weighted by molar-refractivity contribution is 9.10. The van der Waals surface area contributed by atoms with E-state index in [1.165, 1.54) is 5.56 Å². The molecule has 1 saturated heterocycles. The van der Waals surface area contributed by atoms with E-state index < -0.39 is 0 Å². The van der Waals surface area contributed by atoms with Gasteiger partial charge in [0.15, 0.2) is 0 Å². The summed E-state index contributed by atoms with van der Waals surface area (Å²) in [7, 11) is 3.71. The van der Waals surface area contributed by atoms with Gasteiger partial charge in [-0.25, -0.2) is 0 Å². The average Bonchev–Trinajstić information content (AvgIpc) is 2.77. The molecular formula is C14H20BrNO2. The maximum absolute atomic E-state index is 5.68. The van der Waals surface area contributed by atoms with Gasteiger partial charge in [-0.1, -0.05) is 15.9 Å². The molecule has 2 rings (SSSR count). The maximum atomic E-state index is 5.68. The lowest BCUT2D eigenvalue weighted by molar-refractivity contribution is 0.0960. The van der Waals surface area contributed by atoms with Gasteiger partial charge in [0, 0.05) is 28.6 Å². The fourth-order valence-corrected chi connectivity index (χ4v) is 3.11. The van der Waals surface area contributed by atoms with E-state index in [1.54, 1.807) is 7.11 Å². The van der Waals surface area contributed by atoms with E-state index in [9.17, 15) is 0 Å². The van der Waals surface area contributed by atoms with Crippen molar-refractivity contribution in [1.29, 1.82) is 0 Å². The number of benzene rings is 1. The molecule has 4 heteroatoms. The van der Waals surface area contributed by atoms with Crippen LogP contribution in [0.15, 0.2) is 22.7 Å². The number of rotatable bonds is 4. The van der Waals surface area contributed by atoms with Crippen LogP contribution in [0.1, 0.15) is 24.9 Å². The smallest absolute Gasteiger partial charge is 0.123 e. The fraction of sp³-hybridized carbons (Fsp3) is 0.571. The molecule has 1 aromatic carbocycles. The second-order valence-electron chi connectivity index (χ2n) is 4.68. The average molecular weight is 314 g/mol. The molecule has 0 radical (unpaired) electrons. The molecule has 1 heterocycles. The highest BCUT2D eigenvalue weighted by atomic mass is 79.9. The van der Waals surface area contributed by atoms with Gasteiger partial charge < -0.3 is 14.8 Å². The molecule has 1 N–H and O–H groups in total. The van der Waals surface area contributed by atoms with Crippen LogP contribution in [0, 0.1) is 5.92 Å². The summed E-state index contributed by atoms with van der Waals surface area (Å²) in [5.74, 6) is 1.41. The Morgan fingerprint density at radius 3 is 2.83 bits per heavy atom. The molecule has 18 heavy (non-hydrogen) atoms. The number of ether oxygens (including phenoxy) is 2. The molecule has 1 aromatic rings. The van der Waals surface area contributed by atoms with Crippen LogP contribution in [-0.4, -0.2) is 26.9 Å². The number of halogens is 1. The molecule has 0 spiro atoms. The highest BCUT2D eigenvalue weighted by Crippen LogP contribution is 2.38. The van der Waals surface area contributed by atoms with Crippen molar-refractivity contribution >= 4 is 15.9 Å². The molecule has 0 amide bonds. The number of nitrogens with one attached hydrogen (secondary N) is 1. The predicted molar refractivity (Wildman–Crippen MR) is 76.0 cm³/mol. The lowest BCUT2D eigenvalue weighted by atomic mass is 9.88. The first kappa shape index (κ1) is 13.8. The summed E-state index contributed by atoms with van der Waals surface area (Å²) in [6.07, 6.45) is 1.37. The minimum atomic E-state index is 0.259. The number of hydrogen-bond donors (Lipinski definition) is 1. The third kappa shape index (κ3) is 2.71. The van der Waals surface area contributed by atoms with Crippen LogP contribution in [-0.2, 0) is 4.74 Å². The standard InChI is InChI=1S/C14H20BrNO2/c1-9-11(6-7-18-9)14(16-2)12-8-10(15)4-5-13(12)17-3/h4-5,8-9,11,14,16H,6-7H2,1-3H3. The molecule has 0 aromatic heterocycles. The van der Waals surface area contributed by atoms with E-state index in [-0.39, 0.29) is 12.1 Å². The quantitative estimate of drug-likeness (QED) is 0.926.